The van der Waals surface area contributed by atoms with Gasteiger partial charge in [-0.1, -0.05) is 27.5 Å². The molecule has 76 valence electrons. The molecule has 0 fully saturated rings. The van der Waals surface area contributed by atoms with E-state index in [0.717, 1.165) is 6.08 Å². The maximum Gasteiger partial charge on any atom is 0.271 e. The molecular formula is C9H4BrClN2O2. The van der Waals surface area contributed by atoms with Crippen molar-refractivity contribution in [3.8, 4) is 6.07 Å². The van der Waals surface area contributed by atoms with Gasteiger partial charge in [-0.25, -0.2) is 0 Å². The van der Waals surface area contributed by atoms with Crippen LogP contribution < -0.4 is 0 Å². The lowest BCUT2D eigenvalue weighted by Crippen LogP contribution is -1.89. The molecule has 0 heterocycles. The van der Waals surface area contributed by atoms with Gasteiger partial charge in [0, 0.05) is 28.2 Å². The Balaban J connectivity index is 3.28. The van der Waals surface area contributed by atoms with Crippen LogP contribution >= 0.6 is 27.5 Å². The number of hydrogen-bond donors (Lipinski definition) is 0. The summed E-state index contributed by atoms with van der Waals surface area (Å²) in [7, 11) is 0. The summed E-state index contributed by atoms with van der Waals surface area (Å²) in [5.41, 5.74) is 0.350. The first-order valence-corrected chi connectivity index (χ1v) is 4.92. The van der Waals surface area contributed by atoms with Crippen LogP contribution in [0, 0.1) is 21.4 Å². The smallest absolute Gasteiger partial charge is 0.258 e. The molecule has 1 aromatic rings. The van der Waals surface area contributed by atoms with E-state index in [1.165, 1.54) is 12.1 Å². The predicted octanol–water partition coefficient (Wildman–Crippen LogP) is 3.46. The second-order valence-corrected chi connectivity index (χ2v) is 3.90. The van der Waals surface area contributed by atoms with Crippen LogP contribution in [0.5, 0.6) is 0 Å². The van der Waals surface area contributed by atoms with Crippen LogP contribution in [0.2, 0.25) is 0 Å². The fraction of sp³-hybridized carbons (Fsp3) is 0. The van der Waals surface area contributed by atoms with Gasteiger partial charge >= 0.3 is 0 Å². The molecule has 0 bridgehead atoms. The third-order valence-electron chi connectivity index (χ3n) is 1.56. The number of rotatable bonds is 2. The van der Waals surface area contributed by atoms with E-state index in [4.69, 9.17) is 16.9 Å². The van der Waals surface area contributed by atoms with E-state index in [2.05, 4.69) is 15.9 Å². The molecule has 0 saturated heterocycles. The molecule has 6 heteroatoms. The quantitative estimate of drug-likeness (QED) is 0.475. The van der Waals surface area contributed by atoms with Crippen LogP contribution in [0.1, 0.15) is 5.56 Å². The Morgan fingerprint density at radius 1 is 1.60 bits per heavy atom. The van der Waals surface area contributed by atoms with Gasteiger partial charge in [0.2, 0.25) is 0 Å². The van der Waals surface area contributed by atoms with Crippen LogP contribution in [0.3, 0.4) is 0 Å². The number of nitro groups is 1. The average molecular weight is 288 g/mol. The summed E-state index contributed by atoms with van der Waals surface area (Å²) in [5.74, 6) is 0. The van der Waals surface area contributed by atoms with Crippen molar-refractivity contribution < 1.29 is 4.92 Å². The Morgan fingerprint density at radius 2 is 2.27 bits per heavy atom. The van der Waals surface area contributed by atoms with E-state index in [1.807, 2.05) is 0 Å². The predicted molar refractivity (Wildman–Crippen MR) is 60.2 cm³/mol. The van der Waals surface area contributed by atoms with Gasteiger partial charge < -0.3 is 0 Å². The van der Waals surface area contributed by atoms with Crippen molar-refractivity contribution in [2.45, 2.75) is 0 Å². The van der Waals surface area contributed by atoms with Gasteiger partial charge in [0.05, 0.1) is 16.0 Å². The molecule has 0 radical (unpaired) electrons. The Morgan fingerprint density at radius 3 is 2.80 bits per heavy atom. The molecule has 0 atom stereocenters. The van der Waals surface area contributed by atoms with Crippen LogP contribution in [0.4, 0.5) is 5.69 Å². The van der Waals surface area contributed by atoms with Crippen LogP contribution in [-0.4, -0.2) is 4.92 Å². The topological polar surface area (TPSA) is 66.9 Å². The number of halogens is 2. The van der Waals surface area contributed by atoms with E-state index in [9.17, 15) is 10.1 Å². The lowest BCUT2D eigenvalue weighted by atomic mass is 10.2. The number of allylic oxidation sites excluding steroid dienone is 1. The normalized spacial score (nSPS) is 10.9. The van der Waals surface area contributed by atoms with E-state index in [0.29, 0.717) is 10.0 Å². The van der Waals surface area contributed by atoms with Gasteiger partial charge in [-0.3, -0.25) is 10.1 Å². The maximum absolute atomic E-state index is 10.5. The van der Waals surface area contributed by atoms with E-state index in [1.54, 1.807) is 12.1 Å². The minimum atomic E-state index is -0.523. The summed E-state index contributed by atoms with van der Waals surface area (Å²) in [6, 6.07) is 6.02. The number of benzene rings is 1. The fourth-order valence-electron chi connectivity index (χ4n) is 0.957. The summed E-state index contributed by atoms with van der Waals surface area (Å²) in [6.45, 7) is 0. The highest BCUT2D eigenvalue weighted by atomic mass is 79.9. The Kier molecular flexibility index (Phi) is 3.83. The van der Waals surface area contributed by atoms with Crippen molar-refractivity contribution in [3.05, 3.63) is 44.4 Å². The van der Waals surface area contributed by atoms with Gasteiger partial charge in [0.25, 0.3) is 5.69 Å². The highest BCUT2D eigenvalue weighted by Crippen LogP contribution is 2.27. The van der Waals surface area contributed by atoms with Gasteiger partial charge in [-0.05, 0) is 6.07 Å². The molecule has 1 rings (SSSR count). The molecule has 1 aromatic carbocycles. The Hall–Kier alpha value is -1.38. The summed E-state index contributed by atoms with van der Waals surface area (Å²) in [6.07, 6.45) is 1.12. The highest BCUT2D eigenvalue weighted by Gasteiger charge is 2.10. The summed E-state index contributed by atoms with van der Waals surface area (Å²) >= 11 is 8.88. The molecule has 4 nitrogen and oxygen atoms in total. The minimum Gasteiger partial charge on any atom is -0.258 e. The molecule has 0 aromatic heterocycles. The van der Waals surface area contributed by atoms with Gasteiger partial charge in [-0.2, -0.15) is 5.26 Å². The lowest BCUT2D eigenvalue weighted by Gasteiger charge is -1.99. The van der Waals surface area contributed by atoms with Crippen LogP contribution in [0.25, 0.3) is 5.03 Å². The van der Waals surface area contributed by atoms with E-state index >= 15 is 0 Å². The summed E-state index contributed by atoms with van der Waals surface area (Å²) < 4.78 is 0.538. The van der Waals surface area contributed by atoms with Crippen molar-refractivity contribution in [1.82, 2.24) is 0 Å². The van der Waals surface area contributed by atoms with E-state index < -0.39 is 4.92 Å². The maximum atomic E-state index is 10.5. The van der Waals surface area contributed by atoms with Crippen LogP contribution in [-0.2, 0) is 0 Å². The standard InChI is InChI=1S/C9H4BrClN2O2/c10-7-3-6(9(11)1-2-12)4-8(5-7)13(14)15/h1,3-5H/b9-1-. The summed E-state index contributed by atoms with van der Waals surface area (Å²) in [5, 5.41) is 19.1. The number of nitro benzene ring substituents is 1. The monoisotopic (exact) mass is 286 g/mol. The van der Waals surface area contributed by atoms with Gasteiger partial charge in [0.1, 0.15) is 0 Å². The molecule has 15 heavy (non-hydrogen) atoms. The highest BCUT2D eigenvalue weighted by molar-refractivity contribution is 9.10. The molecule has 0 unspecified atom stereocenters. The third kappa shape index (κ3) is 3.05. The van der Waals surface area contributed by atoms with Crippen molar-refractivity contribution >= 4 is 38.3 Å². The van der Waals surface area contributed by atoms with Crippen molar-refractivity contribution in [2.24, 2.45) is 0 Å². The lowest BCUT2D eigenvalue weighted by molar-refractivity contribution is -0.384. The molecule has 0 saturated carbocycles. The second-order valence-electron chi connectivity index (χ2n) is 2.58. The molecule has 0 N–H and O–H groups in total. The fourth-order valence-corrected chi connectivity index (χ4v) is 1.60. The Bertz CT molecular complexity index is 479. The first kappa shape index (κ1) is 11.7. The molecular weight excluding hydrogens is 283 g/mol. The minimum absolute atomic E-state index is 0.0798. The van der Waals surface area contributed by atoms with Gasteiger partial charge in [-0.15, -0.1) is 0 Å². The summed E-state index contributed by atoms with van der Waals surface area (Å²) in [4.78, 5) is 10.0. The molecule has 0 amide bonds. The second kappa shape index (κ2) is 4.91. The number of nitrogens with zero attached hydrogens (tertiary/aromatic N) is 2. The van der Waals surface area contributed by atoms with Gasteiger partial charge in [0.15, 0.2) is 0 Å². The van der Waals surface area contributed by atoms with E-state index in [-0.39, 0.29) is 10.7 Å². The zero-order valence-corrected chi connectivity index (χ0v) is 9.62. The number of hydrogen-bond acceptors (Lipinski definition) is 3. The van der Waals surface area contributed by atoms with Crippen molar-refractivity contribution in [2.75, 3.05) is 0 Å². The molecule has 0 aliphatic heterocycles. The molecule has 0 aliphatic carbocycles. The number of nitriles is 1. The Labute approximate surface area is 99.1 Å². The third-order valence-corrected chi connectivity index (χ3v) is 2.35. The van der Waals surface area contributed by atoms with Crippen molar-refractivity contribution in [1.29, 1.82) is 5.26 Å². The van der Waals surface area contributed by atoms with Crippen LogP contribution in [0.15, 0.2) is 28.7 Å². The molecule has 0 spiro atoms. The average Bonchev–Trinajstić information content (AvgIpc) is 2.17. The first-order chi connectivity index (χ1) is 7.04. The number of non-ortho nitro benzene ring substituents is 1. The zero-order chi connectivity index (χ0) is 11.4. The molecule has 0 aliphatic rings. The largest absolute Gasteiger partial charge is 0.271 e. The van der Waals surface area contributed by atoms with Crippen molar-refractivity contribution in [3.63, 3.8) is 0 Å². The zero-order valence-electron chi connectivity index (χ0n) is 7.28. The first-order valence-electron chi connectivity index (χ1n) is 3.75. The SMILES string of the molecule is N#C/C=C(\Cl)c1cc(Br)cc([N+](=O)[O-])c1.